The van der Waals surface area contributed by atoms with Gasteiger partial charge in [-0.25, -0.2) is 4.98 Å². The average Bonchev–Trinajstić information content (AvgIpc) is 3.10. The minimum atomic E-state index is -0.0710. The van der Waals surface area contributed by atoms with Crippen LogP contribution in [0.4, 0.5) is 5.69 Å². The highest BCUT2D eigenvalue weighted by Gasteiger charge is 2.15. The summed E-state index contributed by atoms with van der Waals surface area (Å²) in [7, 11) is 0. The summed E-state index contributed by atoms with van der Waals surface area (Å²) in [6.45, 7) is 6.09. The molecule has 0 radical (unpaired) electrons. The van der Waals surface area contributed by atoms with Crippen molar-refractivity contribution in [1.82, 2.24) is 19.6 Å². The number of aromatic nitrogens is 4. The van der Waals surface area contributed by atoms with E-state index < -0.39 is 0 Å². The Hall–Kier alpha value is -2.93. The second-order valence-corrected chi connectivity index (χ2v) is 7.71. The van der Waals surface area contributed by atoms with E-state index in [4.69, 9.17) is 4.98 Å². The number of carbonyl (C=O) groups is 1. The van der Waals surface area contributed by atoms with Crippen LogP contribution in [0.2, 0.25) is 0 Å². The molecule has 2 aromatic carbocycles. The highest BCUT2D eigenvalue weighted by molar-refractivity contribution is 8.00. The number of rotatable bonds is 5. The van der Waals surface area contributed by atoms with Gasteiger partial charge >= 0.3 is 0 Å². The number of fused-ring (bicyclic) bond motifs is 3. The zero-order valence-electron chi connectivity index (χ0n) is 16.1. The average molecular weight is 392 g/mol. The van der Waals surface area contributed by atoms with E-state index in [0.29, 0.717) is 10.7 Å². The molecular weight excluding hydrogens is 370 g/mol. The Kier molecular flexibility index (Phi) is 5.00. The molecule has 4 rings (SSSR count). The van der Waals surface area contributed by atoms with E-state index in [2.05, 4.69) is 28.5 Å². The highest BCUT2D eigenvalue weighted by atomic mass is 32.2. The maximum atomic E-state index is 12.5. The predicted octanol–water partition coefficient (Wildman–Crippen LogP) is 4.19. The number of para-hydroxylation sites is 2. The molecule has 7 heteroatoms. The molecule has 28 heavy (non-hydrogen) atoms. The number of benzene rings is 2. The largest absolute Gasteiger partial charge is 0.325 e. The van der Waals surface area contributed by atoms with Gasteiger partial charge in [-0.3, -0.25) is 9.20 Å². The monoisotopic (exact) mass is 391 g/mol. The van der Waals surface area contributed by atoms with Crippen LogP contribution in [-0.4, -0.2) is 31.2 Å². The third-order valence-corrected chi connectivity index (χ3v) is 5.38. The Morgan fingerprint density at radius 1 is 1.11 bits per heavy atom. The van der Waals surface area contributed by atoms with Crippen molar-refractivity contribution in [3.05, 3.63) is 59.4 Å². The van der Waals surface area contributed by atoms with E-state index in [9.17, 15) is 4.79 Å². The Morgan fingerprint density at radius 2 is 1.86 bits per heavy atom. The fourth-order valence-corrected chi connectivity index (χ4v) is 4.08. The lowest BCUT2D eigenvalue weighted by Crippen LogP contribution is -2.14. The van der Waals surface area contributed by atoms with Gasteiger partial charge in [0.2, 0.25) is 5.91 Å². The van der Waals surface area contributed by atoms with Crippen molar-refractivity contribution in [3.63, 3.8) is 0 Å². The van der Waals surface area contributed by atoms with Crippen LogP contribution >= 0.6 is 11.8 Å². The molecular formula is C21H21N5OS. The third-order valence-electron chi connectivity index (χ3n) is 4.43. The summed E-state index contributed by atoms with van der Waals surface area (Å²) in [6, 6.07) is 13.9. The van der Waals surface area contributed by atoms with Gasteiger partial charge < -0.3 is 5.32 Å². The lowest BCUT2D eigenvalue weighted by atomic mass is 10.1. The van der Waals surface area contributed by atoms with Crippen molar-refractivity contribution >= 4 is 40.0 Å². The fraction of sp³-hybridized carbons (Fsp3) is 0.238. The number of carbonyl (C=O) groups excluding carboxylic acids is 1. The smallest absolute Gasteiger partial charge is 0.234 e. The number of nitrogens with zero attached hydrogens (tertiary/aromatic N) is 4. The van der Waals surface area contributed by atoms with Crippen molar-refractivity contribution in [2.45, 2.75) is 32.2 Å². The van der Waals surface area contributed by atoms with Crippen LogP contribution < -0.4 is 5.32 Å². The van der Waals surface area contributed by atoms with Crippen LogP contribution in [0.15, 0.2) is 47.5 Å². The standard InChI is InChI=1S/C21H21N5OS/c1-4-18-24-25-20-21(23-16-7-5-6-8-17(16)26(18)20)28-12-19(27)22-15-10-13(2)9-14(3)11-15/h5-11H,4,12H2,1-3H3,(H,22,27). The van der Waals surface area contributed by atoms with E-state index in [-0.39, 0.29) is 11.7 Å². The van der Waals surface area contributed by atoms with Gasteiger partial charge in [0, 0.05) is 12.1 Å². The molecule has 0 atom stereocenters. The van der Waals surface area contributed by atoms with Gasteiger partial charge in [0.05, 0.1) is 16.8 Å². The first-order valence-corrected chi connectivity index (χ1v) is 10.2. The van der Waals surface area contributed by atoms with Gasteiger partial charge in [0.1, 0.15) is 10.9 Å². The minimum absolute atomic E-state index is 0.0710. The number of hydrogen-bond donors (Lipinski definition) is 1. The van der Waals surface area contributed by atoms with Gasteiger partial charge in [-0.15, -0.1) is 10.2 Å². The summed E-state index contributed by atoms with van der Waals surface area (Å²) in [5, 5.41) is 12.3. The summed E-state index contributed by atoms with van der Waals surface area (Å²) in [4.78, 5) is 17.2. The Balaban J connectivity index is 1.60. The van der Waals surface area contributed by atoms with Crippen LogP contribution in [0.1, 0.15) is 23.9 Å². The lowest BCUT2D eigenvalue weighted by molar-refractivity contribution is -0.113. The van der Waals surface area contributed by atoms with Crippen molar-refractivity contribution < 1.29 is 4.79 Å². The molecule has 0 fully saturated rings. The van der Waals surface area contributed by atoms with Gasteiger partial charge in [0.15, 0.2) is 5.65 Å². The van der Waals surface area contributed by atoms with Crippen molar-refractivity contribution in [2.24, 2.45) is 0 Å². The number of nitrogens with one attached hydrogen (secondary N) is 1. The van der Waals surface area contributed by atoms with Gasteiger partial charge in [-0.05, 0) is 49.2 Å². The molecule has 0 aliphatic rings. The maximum Gasteiger partial charge on any atom is 0.234 e. The van der Waals surface area contributed by atoms with Gasteiger partial charge in [-0.1, -0.05) is 36.9 Å². The lowest BCUT2D eigenvalue weighted by Gasteiger charge is -2.09. The maximum absolute atomic E-state index is 12.5. The van der Waals surface area contributed by atoms with Crippen molar-refractivity contribution in [1.29, 1.82) is 0 Å². The molecule has 1 amide bonds. The Bertz CT molecular complexity index is 1160. The second-order valence-electron chi connectivity index (χ2n) is 6.75. The second kappa shape index (κ2) is 7.59. The molecule has 4 aromatic rings. The topological polar surface area (TPSA) is 72.2 Å². The number of anilines is 1. The molecule has 0 bridgehead atoms. The summed E-state index contributed by atoms with van der Waals surface area (Å²) < 4.78 is 2.03. The first-order valence-electron chi connectivity index (χ1n) is 9.19. The first-order chi connectivity index (χ1) is 13.5. The minimum Gasteiger partial charge on any atom is -0.325 e. The Labute approximate surface area is 167 Å². The molecule has 1 N–H and O–H groups in total. The molecule has 2 heterocycles. The molecule has 0 aliphatic carbocycles. The SMILES string of the molecule is CCc1nnc2c(SCC(=O)Nc3cc(C)cc(C)c3)nc3ccccc3n12. The predicted molar refractivity (Wildman–Crippen MR) is 113 cm³/mol. The molecule has 0 saturated carbocycles. The van der Waals surface area contributed by atoms with E-state index in [1.165, 1.54) is 11.8 Å². The molecule has 0 aliphatic heterocycles. The van der Waals surface area contributed by atoms with E-state index >= 15 is 0 Å². The quantitative estimate of drug-likeness (QED) is 0.517. The zero-order valence-corrected chi connectivity index (χ0v) is 16.9. The van der Waals surface area contributed by atoms with Crippen LogP contribution in [0, 0.1) is 13.8 Å². The van der Waals surface area contributed by atoms with Crippen LogP contribution in [-0.2, 0) is 11.2 Å². The van der Waals surface area contributed by atoms with Gasteiger partial charge in [-0.2, -0.15) is 0 Å². The number of aryl methyl sites for hydroxylation is 3. The van der Waals surface area contributed by atoms with Crippen LogP contribution in [0.5, 0.6) is 0 Å². The van der Waals surface area contributed by atoms with E-state index in [1.807, 2.05) is 54.6 Å². The Morgan fingerprint density at radius 3 is 2.61 bits per heavy atom. The molecule has 6 nitrogen and oxygen atoms in total. The van der Waals surface area contributed by atoms with Crippen LogP contribution in [0.25, 0.3) is 16.7 Å². The molecule has 0 spiro atoms. The van der Waals surface area contributed by atoms with E-state index in [0.717, 1.165) is 40.1 Å². The van der Waals surface area contributed by atoms with E-state index in [1.54, 1.807) is 0 Å². The number of amides is 1. The summed E-state index contributed by atoms with van der Waals surface area (Å²) in [5.41, 5.74) is 5.59. The zero-order chi connectivity index (χ0) is 19.7. The fourth-order valence-electron chi connectivity index (χ4n) is 3.32. The van der Waals surface area contributed by atoms with Crippen LogP contribution in [0.3, 0.4) is 0 Å². The molecule has 2 aromatic heterocycles. The number of thioether (sulfide) groups is 1. The van der Waals surface area contributed by atoms with Crippen molar-refractivity contribution in [3.8, 4) is 0 Å². The molecule has 0 unspecified atom stereocenters. The summed E-state index contributed by atoms with van der Waals surface area (Å²) in [5.74, 6) is 1.07. The normalized spacial score (nSPS) is 11.2. The third kappa shape index (κ3) is 3.57. The summed E-state index contributed by atoms with van der Waals surface area (Å²) >= 11 is 1.38. The summed E-state index contributed by atoms with van der Waals surface area (Å²) in [6.07, 6.45) is 0.770. The molecule has 142 valence electrons. The highest BCUT2D eigenvalue weighted by Crippen LogP contribution is 2.26. The number of hydrogen-bond acceptors (Lipinski definition) is 5. The first kappa shape index (κ1) is 18.4. The molecule has 0 saturated heterocycles. The van der Waals surface area contributed by atoms with Gasteiger partial charge in [0.25, 0.3) is 0 Å². The van der Waals surface area contributed by atoms with Crippen molar-refractivity contribution in [2.75, 3.05) is 11.1 Å².